The van der Waals surface area contributed by atoms with Crippen LogP contribution in [0.3, 0.4) is 0 Å². The van der Waals surface area contributed by atoms with Crippen molar-refractivity contribution in [3.63, 3.8) is 0 Å². The molecular weight excluding hydrogens is 770 g/mol. The first-order valence-corrected chi connectivity index (χ1v) is 20.8. The van der Waals surface area contributed by atoms with Crippen molar-refractivity contribution in [3.05, 3.63) is 87.9 Å². The lowest BCUT2D eigenvalue weighted by Gasteiger charge is -2.63. The second kappa shape index (κ2) is 14.1. The van der Waals surface area contributed by atoms with E-state index in [0.29, 0.717) is 39.1 Å². The van der Waals surface area contributed by atoms with E-state index < -0.39 is 29.7 Å². The zero-order valence-electron chi connectivity index (χ0n) is 33.7. The van der Waals surface area contributed by atoms with Crippen molar-refractivity contribution < 1.29 is 28.7 Å². The van der Waals surface area contributed by atoms with E-state index in [1.165, 1.54) is 0 Å². The number of anilines is 2. The molecule has 1 unspecified atom stereocenters. The van der Waals surface area contributed by atoms with E-state index in [1.807, 2.05) is 30.3 Å². The molecule has 59 heavy (non-hydrogen) atoms. The SMILES string of the molecule is CC1(C)[C@H](NC(=O)c2ccc(N3CCN(C4CC5(C4)CN(c4ccc6c(c4)C(=O)N(C4CCC(=O)NC4=O)C6=O)C5)CC3)cc2)C(C)(C)[C@H]1Oc1ccc(C#N)c(Cl)c1. The highest BCUT2D eigenvalue weighted by atomic mass is 35.5. The van der Waals surface area contributed by atoms with Gasteiger partial charge in [-0.2, -0.15) is 5.26 Å². The van der Waals surface area contributed by atoms with Crippen LogP contribution in [0.5, 0.6) is 5.75 Å². The third kappa shape index (κ3) is 6.52. The monoisotopic (exact) mass is 817 g/mol. The summed E-state index contributed by atoms with van der Waals surface area (Å²) in [7, 11) is 0. The predicted molar refractivity (Wildman–Crippen MR) is 220 cm³/mol. The number of nitrogens with one attached hydrogen (secondary N) is 2. The number of nitriles is 1. The Morgan fingerprint density at radius 2 is 1.51 bits per heavy atom. The van der Waals surface area contributed by atoms with Crippen molar-refractivity contribution in [2.24, 2.45) is 16.2 Å². The van der Waals surface area contributed by atoms with Crippen molar-refractivity contribution in [2.45, 2.75) is 77.6 Å². The van der Waals surface area contributed by atoms with Crippen LogP contribution in [-0.4, -0.2) is 103 Å². The summed E-state index contributed by atoms with van der Waals surface area (Å²) in [6.45, 7) is 14.0. The van der Waals surface area contributed by atoms with Gasteiger partial charge in [-0.15, -0.1) is 0 Å². The molecule has 0 bridgehead atoms. The Bertz CT molecular complexity index is 2300. The van der Waals surface area contributed by atoms with Gasteiger partial charge in [-0.25, -0.2) is 0 Å². The molecule has 14 heteroatoms. The molecule has 0 radical (unpaired) electrons. The molecule has 306 valence electrons. The number of benzene rings is 3. The number of imide groups is 2. The first-order valence-electron chi connectivity index (χ1n) is 20.5. The van der Waals surface area contributed by atoms with Crippen LogP contribution < -0.4 is 25.2 Å². The fraction of sp³-hybridized carbons (Fsp3) is 0.467. The lowest BCUT2D eigenvalue weighted by atomic mass is 9.49. The maximum atomic E-state index is 13.5. The van der Waals surface area contributed by atoms with Crippen LogP contribution in [0.1, 0.15) is 90.0 Å². The van der Waals surface area contributed by atoms with E-state index in [2.05, 4.69) is 59.1 Å². The summed E-state index contributed by atoms with van der Waals surface area (Å²) in [5.41, 5.74) is 3.19. The van der Waals surface area contributed by atoms with E-state index in [1.54, 1.807) is 30.3 Å². The fourth-order valence-corrected chi connectivity index (χ4v) is 11.2. The van der Waals surface area contributed by atoms with Crippen LogP contribution in [0.2, 0.25) is 5.02 Å². The number of carbonyl (C=O) groups is 5. The highest BCUT2D eigenvalue weighted by Crippen LogP contribution is 2.56. The van der Waals surface area contributed by atoms with Gasteiger partial charge >= 0.3 is 0 Å². The molecule has 4 heterocycles. The number of ether oxygens (including phenoxy) is 1. The Hall–Kier alpha value is -5.45. The van der Waals surface area contributed by atoms with Crippen LogP contribution in [-0.2, 0) is 9.59 Å². The van der Waals surface area contributed by atoms with Crippen molar-refractivity contribution in [3.8, 4) is 11.8 Å². The number of carbonyl (C=O) groups excluding carboxylic acids is 5. The third-order valence-electron chi connectivity index (χ3n) is 13.9. The van der Waals surface area contributed by atoms with Crippen molar-refractivity contribution in [2.75, 3.05) is 49.1 Å². The molecule has 9 rings (SSSR count). The van der Waals surface area contributed by atoms with Gasteiger partial charge in [0.25, 0.3) is 17.7 Å². The summed E-state index contributed by atoms with van der Waals surface area (Å²) in [5, 5.41) is 15.1. The number of amides is 5. The zero-order chi connectivity index (χ0) is 41.6. The van der Waals surface area contributed by atoms with Crippen molar-refractivity contribution >= 4 is 52.5 Å². The summed E-state index contributed by atoms with van der Waals surface area (Å²) in [6, 6.07) is 19.9. The number of hydrogen-bond donors (Lipinski definition) is 2. The highest BCUT2D eigenvalue weighted by molar-refractivity contribution is 6.31. The summed E-state index contributed by atoms with van der Waals surface area (Å²) >= 11 is 6.25. The number of piperidine rings is 1. The topological polar surface area (TPSA) is 155 Å². The molecule has 13 nitrogen and oxygen atoms in total. The minimum atomic E-state index is -0.970. The molecule has 2 N–H and O–H groups in total. The number of rotatable bonds is 8. The second-order valence-corrected chi connectivity index (χ2v) is 18.9. The van der Waals surface area contributed by atoms with Gasteiger partial charge in [-0.05, 0) is 73.9 Å². The molecule has 5 amide bonds. The van der Waals surface area contributed by atoms with E-state index in [0.717, 1.165) is 68.4 Å². The number of fused-ring (bicyclic) bond motifs is 1. The minimum absolute atomic E-state index is 0.0933. The Labute approximate surface area is 348 Å². The largest absolute Gasteiger partial charge is 0.489 e. The average molecular weight is 818 g/mol. The summed E-state index contributed by atoms with van der Waals surface area (Å²) in [4.78, 5) is 72.3. The van der Waals surface area contributed by atoms with Crippen molar-refractivity contribution in [1.82, 2.24) is 20.4 Å². The normalized spacial score (nSPS) is 25.7. The molecule has 2 saturated carbocycles. The Kier molecular flexibility index (Phi) is 9.32. The quantitative estimate of drug-likeness (QED) is 0.297. The van der Waals surface area contributed by atoms with Gasteiger partial charge in [-0.3, -0.25) is 39.1 Å². The Morgan fingerprint density at radius 3 is 2.15 bits per heavy atom. The van der Waals surface area contributed by atoms with Gasteiger partial charge in [-0.1, -0.05) is 39.3 Å². The average Bonchev–Trinajstić information content (AvgIpc) is 3.43. The molecule has 4 aliphatic heterocycles. The predicted octanol–water partition coefficient (Wildman–Crippen LogP) is 5.02. The highest BCUT2D eigenvalue weighted by Gasteiger charge is 2.64. The van der Waals surface area contributed by atoms with Crippen LogP contribution in [0.15, 0.2) is 60.7 Å². The summed E-state index contributed by atoms with van der Waals surface area (Å²) < 4.78 is 6.38. The van der Waals surface area contributed by atoms with Crippen LogP contribution in [0.25, 0.3) is 0 Å². The molecule has 1 spiro atoms. The maximum absolute atomic E-state index is 13.5. The van der Waals surface area contributed by atoms with E-state index in [4.69, 9.17) is 16.3 Å². The first-order chi connectivity index (χ1) is 28.1. The summed E-state index contributed by atoms with van der Waals surface area (Å²) in [5.74, 6) is -1.48. The second-order valence-electron chi connectivity index (χ2n) is 18.5. The van der Waals surface area contributed by atoms with E-state index in [-0.39, 0.29) is 47.1 Å². The lowest BCUT2D eigenvalue weighted by molar-refractivity contribution is -0.164. The molecule has 3 saturated heterocycles. The molecular formula is C45H48ClN7O6. The molecule has 1 atom stereocenters. The van der Waals surface area contributed by atoms with Crippen LogP contribution in [0.4, 0.5) is 11.4 Å². The number of piperazine rings is 1. The van der Waals surface area contributed by atoms with E-state index >= 15 is 0 Å². The number of hydrogen-bond acceptors (Lipinski definition) is 10. The van der Waals surface area contributed by atoms with Crippen LogP contribution >= 0.6 is 11.6 Å². The maximum Gasteiger partial charge on any atom is 0.262 e. The lowest BCUT2D eigenvalue weighted by Crippen LogP contribution is -2.74. The van der Waals surface area contributed by atoms with Crippen LogP contribution in [0, 0.1) is 27.6 Å². The fourth-order valence-electron chi connectivity index (χ4n) is 11.0. The molecule has 3 aromatic carbocycles. The third-order valence-corrected chi connectivity index (χ3v) is 14.2. The van der Waals surface area contributed by atoms with E-state index in [9.17, 15) is 29.2 Å². The Balaban J connectivity index is 0.735. The van der Waals surface area contributed by atoms with Crippen molar-refractivity contribution in [1.29, 1.82) is 5.26 Å². The first kappa shape index (κ1) is 39.0. The van der Waals surface area contributed by atoms with Gasteiger partial charge < -0.3 is 19.9 Å². The zero-order valence-corrected chi connectivity index (χ0v) is 34.5. The number of nitrogens with zero attached hydrogens (tertiary/aromatic N) is 5. The van der Waals surface area contributed by atoms with Gasteiger partial charge in [0, 0.05) is 97.0 Å². The molecule has 0 aromatic heterocycles. The molecule has 5 fully saturated rings. The van der Waals surface area contributed by atoms with Gasteiger partial charge in [0.15, 0.2) is 0 Å². The van der Waals surface area contributed by atoms with Gasteiger partial charge in [0.05, 0.1) is 21.7 Å². The molecule has 6 aliphatic rings. The van der Waals surface area contributed by atoms with Gasteiger partial charge in [0.2, 0.25) is 11.8 Å². The minimum Gasteiger partial charge on any atom is -0.489 e. The smallest absolute Gasteiger partial charge is 0.262 e. The number of halogens is 1. The Morgan fingerprint density at radius 1 is 0.847 bits per heavy atom. The standard InChI is InChI=1S/C45H48ClN7O6/c1-43(2)41(44(3,4)42(43)59-31-11-7-27(23-47)34(46)20-31)49-37(55)26-5-8-28(9-6-26)50-15-17-51(18-16-50)30-21-45(22-30)24-52(25-45)29-10-12-32-33(19-29)40(58)53(39(32)57)35-13-14-36(54)48-38(35)56/h5-12,19-20,30,35,41-42H,13-18,21-22,24-25H2,1-4H3,(H,49,55)(H,48,54,56)/t35?,41-,42-. The van der Waals surface area contributed by atoms with Gasteiger partial charge in [0.1, 0.15) is 24.0 Å². The molecule has 2 aliphatic carbocycles. The summed E-state index contributed by atoms with van der Waals surface area (Å²) in [6.07, 6.45) is 2.31. The molecule has 3 aromatic rings.